The summed E-state index contributed by atoms with van der Waals surface area (Å²) < 4.78 is 5.92. The van der Waals surface area contributed by atoms with Crippen LogP contribution >= 0.6 is 0 Å². The summed E-state index contributed by atoms with van der Waals surface area (Å²) in [6, 6.07) is 17.3. The first-order valence-electron chi connectivity index (χ1n) is 6.95. The first-order valence-corrected chi connectivity index (χ1v) is 6.95. The van der Waals surface area contributed by atoms with Crippen LogP contribution in [0.15, 0.2) is 48.5 Å². The summed E-state index contributed by atoms with van der Waals surface area (Å²) in [5, 5.41) is 0. The lowest BCUT2D eigenvalue weighted by atomic mass is 9.75. The molecule has 0 aliphatic carbocycles. The molecule has 0 saturated carbocycles. The van der Waals surface area contributed by atoms with Crippen LogP contribution in [0.4, 0.5) is 0 Å². The van der Waals surface area contributed by atoms with Gasteiger partial charge in [0.1, 0.15) is 5.75 Å². The zero-order chi connectivity index (χ0) is 13.3. The highest BCUT2D eigenvalue weighted by atomic mass is 16.5. The second kappa shape index (κ2) is 4.73. The fourth-order valence-corrected chi connectivity index (χ4v) is 2.97. The number of aryl methyl sites for hydroxylation is 1. The van der Waals surface area contributed by atoms with Crippen LogP contribution in [0.3, 0.4) is 0 Å². The Hall–Kier alpha value is -1.76. The topological polar surface area (TPSA) is 9.23 Å². The van der Waals surface area contributed by atoms with Crippen LogP contribution in [0, 0.1) is 6.92 Å². The third-order valence-corrected chi connectivity index (χ3v) is 4.18. The molecule has 0 bridgehead atoms. The van der Waals surface area contributed by atoms with Gasteiger partial charge in [-0.25, -0.2) is 0 Å². The third-order valence-electron chi connectivity index (χ3n) is 4.18. The van der Waals surface area contributed by atoms with Crippen LogP contribution in [0.2, 0.25) is 0 Å². The summed E-state index contributed by atoms with van der Waals surface area (Å²) in [6.45, 7) is 5.29. The van der Waals surface area contributed by atoms with Gasteiger partial charge in [0.25, 0.3) is 0 Å². The van der Waals surface area contributed by atoms with Gasteiger partial charge in [-0.1, -0.05) is 55.0 Å². The van der Waals surface area contributed by atoms with Gasteiger partial charge in [-0.3, -0.25) is 0 Å². The van der Waals surface area contributed by atoms with Crippen LogP contribution in [0.1, 0.15) is 30.0 Å². The smallest absolute Gasteiger partial charge is 0.122 e. The van der Waals surface area contributed by atoms with Crippen molar-refractivity contribution in [2.75, 3.05) is 6.61 Å². The molecule has 0 radical (unpaired) electrons. The largest absolute Gasteiger partial charge is 0.493 e. The van der Waals surface area contributed by atoms with Gasteiger partial charge in [0.2, 0.25) is 0 Å². The molecule has 98 valence electrons. The van der Waals surface area contributed by atoms with Crippen LogP contribution in [0.5, 0.6) is 5.75 Å². The molecule has 0 saturated heterocycles. The quantitative estimate of drug-likeness (QED) is 0.736. The molecule has 1 unspecified atom stereocenters. The summed E-state index contributed by atoms with van der Waals surface area (Å²) in [6.07, 6.45) is 2.11. The van der Waals surface area contributed by atoms with Gasteiger partial charge in [-0.15, -0.1) is 0 Å². The Labute approximate surface area is 115 Å². The van der Waals surface area contributed by atoms with Crippen molar-refractivity contribution in [2.45, 2.75) is 32.1 Å². The Morgan fingerprint density at radius 3 is 2.63 bits per heavy atom. The number of ether oxygens (including phenoxy) is 1. The molecule has 1 aliphatic rings. The van der Waals surface area contributed by atoms with Crippen LogP contribution < -0.4 is 4.74 Å². The highest BCUT2D eigenvalue weighted by Gasteiger charge is 2.30. The molecule has 0 fully saturated rings. The minimum Gasteiger partial charge on any atom is -0.493 e. The molecule has 1 aliphatic heterocycles. The number of benzene rings is 2. The maximum Gasteiger partial charge on any atom is 0.122 e. The van der Waals surface area contributed by atoms with E-state index < -0.39 is 0 Å². The SMILES string of the molecule is Cc1ccc2c(c1)CC(C)(c1ccccc1)CCO2. The third kappa shape index (κ3) is 2.37. The molecule has 3 rings (SSSR count). The van der Waals surface area contributed by atoms with Crippen LogP contribution in [-0.2, 0) is 11.8 Å². The van der Waals surface area contributed by atoms with E-state index in [-0.39, 0.29) is 5.41 Å². The Morgan fingerprint density at radius 1 is 1.05 bits per heavy atom. The number of hydrogen-bond donors (Lipinski definition) is 0. The second-order valence-electron chi connectivity index (χ2n) is 5.81. The minimum atomic E-state index is 0.167. The maximum absolute atomic E-state index is 5.92. The molecule has 19 heavy (non-hydrogen) atoms. The Balaban J connectivity index is 2.01. The number of fused-ring (bicyclic) bond motifs is 1. The van der Waals surface area contributed by atoms with Crippen molar-refractivity contribution in [2.24, 2.45) is 0 Å². The molecule has 0 spiro atoms. The summed E-state index contributed by atoms with van der Waals surface area (Å²) in [7, 11) is 0. The molecule has 2 aromatic rings. The van der Waals surface area contributed by atoms with E-state index in [1.807, 2.05) is 0 Å². The number of hydrogen-bond acceptors (Lipinski definition) is 1. The van der Waals surface area contributed by atoms with Gasteiger partial charge in [0.05, 0.1) is 6.61 Å². The molecular weight excluding hydrogens is 232 g/mol. The zero-order valence-electron chi connectivity index (χ0n) is 11.6. The van der Waals surface area contributed by atoms with Crippen LogP contribution in [0.25, 0.3) is 0 Å². The van der Waals surface area contributed by atoms with E-state index in [0.717, 1.165) is 25.2 Å². The van der Waals surface area contributed by atoms with Crippen molar-refractivity contribution in [3.05, 3.63) is 65.2 Å². The van der Waals surface area contributed by atoms with Gasteiger partial charge < -0.3 is 4.74 Å². The zero-order valence-corrected chi connectivity index (χ0v) is 11.6. The maximum atomic E-state index is 5.92. The first-order chi connectivity index (χ1) is 9.17. The molecule has 1 nitrogen and oxygen atoms in total. The van der Waals surface area contributed by atoms with E-state index in [2.05, 4.69) is 62.4 Å². The average Bonchev–Trinajstić information content (AvgIpc) is 2.58. The number of rotatable bonds is 1. The highest BCUT2D eigenvalue weighted by molar-refractivity contribution is 5.41. The normalized spacial score (nSPS) is 22.2. The summed E-state index contributed by atoms with van der Waals surface area (Å²) in [4.78, 5) is 0. The Morgan fingerprint density at radius 2 is 1.84 bits per heavy atom. The Bertz CT molecular complexity index is 573. The van der Waals surface area contributed by atoms with E-state index in [1.54, 1.807) is 0 Å². The summed E-state index contributed by atoms with van der Waals surface area (Å²) in [5.41, 5.74) is 4.22. The monoisotopic (exact) mass is 252 g/mol. The van der Waals surface area contributed by atoms with E-state index in [1.165, 1.54) is 16.7 Å². The molecule has 0 N–H and O–H groups in total. The second-order valence-corrected chi connectivity index (χ2v) is 5.81. The van der Waals surface area contributed by atoms with Gasteiger partial charge in [-0.2, -0.15) is 0 Å². The van der Waals surface area contributed by atoms with Gasteiger partial charge in [-0.05, 0) is 42.4 Å². The van der Waals surface area contributed by atoms with Crippen molar-refractivity contribution in [1.82, 2.24) is 0 Å². The molecule has 0 amide bonds. The van der Waals surface area contributed by atoms with Gasteiger partial charge >= 0.3 is 0 Å². The molecule has 2 aromatic carbocycles. The lowest BCUT2D eigenvalue weighted by molar-refractivity contribution is 0.283. The van der Waals surface area contributed by atoms with Crippen molar-refractivity contribution in [3.8, 4) is 5.75 Å². The van der Waals surface area contributed by atoms with Crippen LogP contribution in [-0.4, -0.2) is 6.61 Å². The fourth-order valence-electron chi connectivity index (χ4n) is 2.97. The van der Waals surface area contributed by atoms with E-state index in [0.29, 0.717) is 0 Å². The van der Waals surface area contributed by atoms with E-state index in [4.69, 9.17) is 4.74 Å². The summed E-state index contributed by atoms with van der Waals surface area (Å²) in [5.74, 6) is 1.06. The fraction of sp³-hybridized carbons (Fsp3) is 0.333. The van der Waals surface area contributed by atoms with E-state index >= 15 is 0 Å². The lowest BCUT2D eigenvalue weighted by Gasteiger charge is -2.28. The van der Waals surface area contributed by atoms with Gasteiger partial charge in [0.15, 0.2) is 0 Å². The highest BCUT2D eigenvalue weighted by Crippen LogP contribution is 2.37. The van der Waals surface area contributed by atoms with Crippen molar-refractivity contribution in [1.29, 1.82) is 0 Å². The van der Waals surface area contributed by atoms with E-state index in [9.17, 15) is 0 Å². The van der Waals surface area contributed by atoms with Crippen molar-refractivity contribution >= 4 is 0 Å². The predicted molar refractivity (Wildman–Crippen MR) is 78.8 cm³/mol. The molecule has 0 aromatic heterocycles. The molecule has 1 atom stereocenters. The molecule has 1 heterocycles. The van der Waals surface area contributed by atoms with Gasteiger partial charge in [0, 0.05) is 0 Å². The van der Waals surface area contributed by atoms with Crippen molar-refractivity contribution < 1.29 is 4.74 Å². The van der Waals surface area contributed by atoms with Crippen molar-refractivity contribution in [3.63, 3.8) is 0 Å². The first kappa shape index (κ1) is 12.3. The average molecular weight is 252 g/mol. The predicted octanol–water partition coefficient (Wildman–Crippen LogP) is 4.28. The Kier molecular flexibility index (Phi) is 3.06. The molecule has 1 heteroatoms. The molecular formula is C18H20O. The minimum absolute atomic E-state index is 0.167. The lowest BCUT2D eigenvalue weighted by Crippen LogP contribution is -2.25. The summed E-state index contributed by atoms with van der Waals surface area (Å²) >= 11 is 0. The standard InChI is InChI=1S/C18H20O/c1-14-8-9-17-15(12-14)13-18(2,10-11-19-17)16-6-4-3-5-7-16/h3-9,12H,10-11,13H2,1-2H3.